The van der Waals surface area contributed by atoms with Crippen LogP contribution >= 0.6 is 11.6 Å². The number of esters is 1. The molecule has 0 aliphatic heterocycles. The van der Waals surface area contributed by atoms with E-state index in [0.717, 1.165) is 45.4 Å². The second-order valence-corrected chi connectivity index (χ2v) is 9.76. The maximum absolute atomic E-state index is 13.5. The monoisotopic (exact) mass is 510 g/mol. The number of hydrogen-bond acceptors (Lipinski definition) is 4. The number of fused-ring (bicyclic) bond motifs is 2. The molecule has 3 aromatic carbocycles. The number of nitrogens with zero attached hydrogens (tertiary/aromatic N) is 2. The Hall–Kier alpha value is -3.96. The van der Waals surface area contributed by atoms with Crippen LogP contribution in [0.4, 0.5) is 5.69 Å². The Kier molecular flexibility index (Phi) is 7.06. The zero-order valence-corrected chi connectivity index (χ0v) is 21.5. The number of carbonyl (C=O) groups excluding carboxylic acids is 2. The fourth-order valence-corrected chi connectivity index (χ4v) is 4.99. The Morgan fingerprint density at radius 3 is 2.41 bits per heavy atom. The first-order valence-electron chi connectivity index (χ1n) is 12.3. The lowest BCUT2D eigenvalue weighted by molar-refractivity contribution is -0.122. The van der Waals surface area contributed by atoms with Crippen LogP contribution in [0.5, 0.6) is 0 Å². The molecule has 1 aliphatic carbocycles. The zero-order valence-electron chi connectivity index (χ0n) is 20.8. The quantitative estimate of drug-likeness (QED) is 0.263. The average molecular weight is 511 g/mol. The highest BCUT2D eigenvalue weighted by Gasteiger charge is 2.28. The molecule has 0 unspecified atom stereocenters. The van der Waals surface area contributed by atoms with Crippen LogP contribution in [0.1, 0.15) is 47.4 Å². The molecule has 1 amide bonds. The van der Waals surface area contributed by atoms with Crippen LogP contribution in [-0.4, -0.2) is 29.5 Å². The van der Waals surface area contributed by atoms with Crippen molar-refractivity contribution < 1.29 is 14.3 Å². The number of anilines is 1. The molecule has 1 heterocycles. The SMILES string of the molecule is CC(C)N(C(=O)COC(=O)c1c2c(nc3ccccc13)C(=Cc1ccc(Cl)cc1)CC2)c1ccccc1. The molecule has 186 valence electrons. The lowest BCUT2D eigenvalue weighted by Gasteiger charge is -2.26. The first-order chi connectivity index (χ1) is 17.9. The fourth-order valence-electron chi connectivity index (χ4n) is 4.86. The van der Waals surface area contributed by atoms with Crippen molar-refractivity contribution in [1.82, 2.24) is 4.98 Å². The third kappa shape index (κ3) is 5.13. The van der Waals surface area contributed by atoms with Crippen LogP contribution in [0.25, 0.3) is 22.6 Å². The third-order valence-electron chi connectivity index (χ3n) is 6.50. The van der Waals surface area contributed by atoms with Crippen LogP contribution in [0, 0.1) is 0 Å². The zero-order chi connectivity index (χ0) is 25.9. The predicted molar refractivity (Wildman–Crippen MR) is 149 cm³/mol. The van der Waals surface area contributed by atoms with Crippen LogP contribution in [0.15, 0.2) is 78.9 Å². The molecule has 0 bridgehead atoms. The van der Waals surface area contributed by atoms with Crippen LogP contribution in [0.3, 0.4) is 0 Å². The average Bonchev–Trinajstić information content (AvgIpc) is 3.29. The Morgan fingerprint density at radius 1 is 0.973 bits per heavy atom. The Bertz CT molecular complexity index is 1490. The number of rotatable bonds is 6. The van der Waals surface area contributed by atoms with E-state index in [-0.39, 0.29) is 18.6 Å². The summed E-state index contributed by atoms with van der Waals surface area (Å²) in [5.41, 5.74) is 5.72. The maximum Gasteiger partial charge on any atom is 0.339 e. The van der Waals surface area contributed by atoms with Crippen molar-refractivity contribution in [3.05, 3.63) is 106 Å². The summed E-state index contributed by atoms with van der Waals surface area (Å²) in [4.78, 5) is 33.2. The van der Waals surface area contributed by atoms with Crippen molar-refractivity contribution >= 4 is 51.7 Å². The second kappa shape index (κ2) is 10.6. The smallest absolute Gasteiger partial charge is 0.339 e. The van der Waals surface area contributed by atoms with E-state index >= 15 is 0 Å². The summed E-state index contributed by atoms with van der Waals surface area (Å²) in [6.07, 6.45) is 3.52. The summed E-state index contributed by atoms with van der Waals surface area (Å²) in [5.74, 6) is -0.777. The molecule has 4 aromatic rings. The molecule has 37 heavy (non-hydrogen) atoms. The number of para-hydroxylation sites is 2. The summed E-state index contributed by atoms with van der Waals surface area (Å²) < 4.78 is 5.65. The molecule has 0 N–H and O–H groups in total. The lowest BCUT2D eigenvalue weighted by Crippen LogP contribution is -2.40. The fraction of sp³-hybridized carbons (Fsp3) is 0.194. The highest BCUT2D eigenvalue weighted by molar-refractivity contribution is 6.30. The molecule has 0 fully saturated rings. The number of amides is 1. The lowest BCUT2D eigenvalue weighted by atomic mass is 10.0. The van der Waals surface area contributed by atoms with Crippen molar-refractivity contribution in [1.29, 1.82) is 0 Å². The molecular formula is C31H27ClN2O3. The number of carbonyl (C=O) groups is 2. The molecule has 1 aromatic heterocycles. The first-order valence-corrected chi connectivity index (χ1v) is 12.7. The van der Waals surface area contributed by atoms with Gasteiger partial charge < -0.3 is 9.64 Å². The van der Waals surface area contributed by atoms with E-state index in [1.807, 2.05) is 92.7 Å². The first kappa shape index (κ1) is 24.7. The molecule has 0 atom stereocenters. The number of allylic oxidation sites excluding steroid dienone is 1. The van der Waals surface area contributed by atoms with Gasteiger partial charge in [0.05, 0.1) is 16.8 Å². The van der Waals surface area contributed by atoms with Gasteiger partial charge in [0.1, 0.15) is 0 Å². The Morgan fingerprint density at radius 2 is 1.68 bits per heavy atom. The van der Waals surface area contributed by atoms with Gasteiger partial charge in [-0.3, -0.25) is 4.79 Å². The van der Waals surface area contributed by atoms with Gasteiger partial charge in [-0.1, -0.05) is 60.1 Å². The van der Waals surface area contributed by atoms with Gasteiger partial charge in [-0.2, -0.15) is 0 Å². The molecule has 5 nitrogen and oxygen atoms in total. The minimum Gasteiger partial charge on any atom is -0.452 e. The third-order valence-corrected chi connectivity index (χ3v) is 6.75. The number of aromatic nitrogens is 1. The summed E-state index contributed by atoms with van der Waals surface area (Å²) in [6.45, 7) is 3.53. The molecular weight excluding hydrogens is 484 g/mol. The van der Waals surface area contributed by atoms with E-state index in [0.29, 0.717) is 17.0 Å². The molecule has 1 aliphatic rings. The number of halogens is 1. The molecule has 0 radical (unpaired) electrons. The van der Waals surface area contributed by atoms with Crippen molar-refractivity contribution in [2.24, 2.45) is 0 Å². The van der Waals surface area contributed by atoms with Crippen LogP contribution < -0.4 is 4.90 Å². The van der Waals surface area contributed by atoms with Crippen LogP contribution in [0.2, 0.25) is 5.02 Å². The van der Waals surface area contributed by atoms with Gasteiger partial charge in [-0.15, -0.1) is 0 Å². The minimum atomic E-state index is -0.507. The summed E-state index contributed by atoms with van der Waals surface area (Å²) in [5, 5.41) is 1.41. The number of pyridine rings is 1. The van der Waals surface area contributed by atoms with E-state index in [1.54, 1.807) is 4.90 Å². The van der Waals surface area contributed by atoms with Crippen molar-refractivity contribution in [3.8, 4) is 0 Å². The Labute approximate surface area is 221 Å². The van der Waals surface area contributed by atoms with Crippen molar-refractivity contribution in [2.45, 2.75) is 32.7 Å². The van der Waals surface area contributed by atoms with E-state index in [1.165, 1.54) is 0 Å². The Balaban J connectivity index is 1.46. The summed E-state index contributed by atoms with van der Waals surface area (Å²) >= 11 is 6.04. The number of benzene rings is 3. The van der Waals surface area contributed by atoms with Gasteiger partial charge in [0.25, 0.3) is 5.91 Å². The van der Waals surface area contributed by atoms with E-state index in [9.17, 15) is 9.59 Å². The largest absolute Gasteiger partial charge is 0.452 e. The molecule has 0 saturated carbocycles. The standard InChI is InChI=1S/C31H27ClN2O3/c1-20(2)34(24-8-4-3-5-9-24)28(35)19-37-31(36)29-25-10-6-7-11-27(25)33-30-22(14-17-26(29)30)18-21-12-15-23(32)16-13-21/h3-13,15-16,18,20H,14,17,19H2,1-2H3. The summed E-state index contributed by atoms with van der Waals surface area (Å²) in [7, 11) is 0. The molecule has 5 rings (SSSR count). The number of hydrogen-bond donors (Lipinski definition) is 0. The molecule has 6 heteroatoms. The van der Waals surface area contributed by atoms with Gasteiger partial charge in [0.2, 0.25) is 0 Å². The van der Waals surface area contributed by atoms with E-state index in [2.05, 4.69) is 6.08 Å². The highest BCUT2D eigenvalue weighted by atomic mass is 35.5. The predicted octanol–water partition coefficient (Wildman–Crippen LogP) is 6.97. The van der Waals surface area contributed by atoms with Gasteiger partial charge in [-0.25, -0.2) is 9.78 Å². The van der Waals surface area contributed by atoms with Crippen molar-refractivity contribution in [2.75, 3.05) is 11.5 Å². The van der Waals surface area contributed by atoms with Gasteiger partial charge in [-0.05, 0) is 79.8 Å². The second-order valence-electron chi connectivity index (χ2n) is 9.32. The van der Waals surface area contributed by atoms with E-state index in [4.69, 9.17) is 21.3 Å². The molecule has 0 saturated heterocycles. The highest BCUT2D eigenvalue weighted by Crippen LogP contribution is 2.38. The minimum absolute atomic E-state index is 0.0832. The normalized spacial score (nSPS) is 13.7. The van der Waals surface area contributed by atoms with E-state index < -0.39 is 5.97 Å². The summed E-state index contributed by atoms with van der Waals surface area (Å²) in [6, 6.07) is 24.5. The van der Waals surface area contributed by atoms with Gasteiger partial charge in [0.15, 0.2) is 6.61 Å². The van der Waals surface area contributed by atoms with Gasteiger partial charge >= 0.3 is 5.97 Å². The van der Waals surface area contributed by atoms with Crippen molar-refractivity contribution in [3.63, 3.8) is 0 Å². The maximum atomic E-state index is 13.5. The number of ether oxygens (including phenoxy) is 1. The van der Waals surface area contributed by atoms with Gasteiger partial charge in [0, 0.05) is 22.1 Å². The van der Waals surface area contributed by atoms with Crippen LogP contribution in [-0.2, 0) is 16.0 Å². The molecule has 0 spiro atoms. The topological polar surface area (TPSA) is 59.5 Å².